The van der Waals surface area contributed by atoms with Crippen LogP contribution in [0.3, 0.4) is 0 Å². The Balaban J connectivity index is 1.71. The van der Waals surface area contributed by atoms with Gasteiger partial charge in [0, 0.05) is 35.7 Å². The molecule has 0 saturated carbocycles. The summed E-state index contributed by atoms with van der Waals surface area (Å²) in [6.45, 7) is 5.03. The zero-order chi connectivity index (χ0) is 17.6. The SMILES string of the molecule is C[C@@H]1CNCCN1C(=O)Cc1cc(Br)ccc1OCc1ccccc1. The van der Waals surface area contributed by atoms with E-state index in [-0.39, 0.29) is 11.9 Å². The van der Waals surface area contributed by atoms with Crippen molar-refractivity contribution in [2.75, 3.05) is 19.6 Å². The second kappa shape index (κ2) is 8.50. The standard InChI is InChI=1S/C20H23BrN2O2/c1-15-13-22-9-10-23(15)20(24)12-17-11-18(21)7-8-19(17)25-14-16-5-3-2-4-6-16/h2-8,11,15,22H,9-10,12-14H2,1H3/t15-/m1/s1. The first-order valence-corrected chi connectivity index (χ1v) is 9.38. The number of hydrogen-bond acceptors (Lipinski definition) is 3. The van der Waals surface area contributed by atoms with Gasteiger partial charge in [0.25, 0.3) is 0 Å². The Morgan fingerprint density at radius 1 is 1.28 bits per heavy atom. The number of ether oxygens (including phenoxy) is 1. The van der Waals surface area contributed by atoms with Crippen molar-refractivity contribution in [1.29, 1.82) is 0 Å². The summed E-state index contributed by atoms with van der Waals surface area (Å²) in [5.41, 5.74) is 2.03. The lowest BCUT2D eigenvalue weighted by atomic mass is 10.1. The number of halogens is 1. The normalized spacial score (nSPS) is 17.4. The van der Waals surface area contributed by atoms with E-state index in [1.165, 1.54) is 0 Å². The van der Waals surface area contributed by atoms with Gasteiger partial charge in [0.15, 0.2) is 0 Å². The Morgan fingerprint density at radius 2 is 2.08 bits per heavy atom. The smallest absolute Gasteiger partial charge is 0.227 e. The molecule has 1 aliphatic rings. The predicted molar refractivity (Wildman–Crippen MR) is 103 cm³/mol. The van der Waals surface area contributed by atoms with E-state index in [2.05, 4.69) is 28.2 Å². The second-order valence-electron chi connectivity index (χ2n) is 6.34. The van der Waals surface area contributed by atoms with Crippen LogP contribution in [0.4, 0.5) is 0 Å². The summed E-state index contributed by atoms with van der Waals surface area (Å²) >= 11 is 3.50. The second-order valence-corrected chi connectivity index (χ2v) is 7.26. The van der Waals surface area contributed by atoms with E-state index >= 15 is 0 Å². The number of piperazine rings is 1. The molecule has 1 atom stereocenters. The van der Waals surface area contributed by atoms with Crippen molar-refractivity contribution >= 4 is 21.8 Å². The molecule has 1 aliphatic heterocycles. The van der Waals surface area contributed by atoms with Crippen LogP contribution in [0.1, 0.15) is 18.1 Å². The zero-order valence-electron chi connectivity index (χ0n) is 14.4. The Bertz CT molecular complexity index is 721. The lowest BCUT2D eigenvalue weighted by Gasteiger charge is -2.34. The summed E-state index contributed by atoms with van der Waals surface area (Å²) in [6, 6.07) is 16.1. The molecule has 0 unspecified atom stereocenters. The van der Waals surface area contributed by atoms with Crippen LogP contribution in [0, 0.1) is 0 Å². The highest BCUT2D eigenvalue weighted by molar-refractivity contribution is 9.10. The molecular weight excluding hydrogens is 380 g/mol. The minimum absolute atomic E-state index is 0.150. The number of hydrogen-bond donors (Lipinski definition) is 1. The van der Waals surface area contributed by atoms with Crippen LogP contribution in [0.2, 0.25) is 0 Å². The summed E-state index contributed by atoms with van der Waals surface area (Å²) in [4.78, 5) is 14.7. The average Bonchev–Trinajstić information content (AvgIpc) is 2.62. The summed E-state index contributed by atoms with van der Waals surface area (Å²) < 4.78 is 6.94. The van der Waals surface area contributed by atoms with Gasteiger partial charge in [-0.05, 0) is 30.7 Å². The van der Waals surface area contributed by atoms with Gasteiger partial charge < -0.3 is 15.0 Å². The number of carbonyl (C=O) groups excluding carboxylic acids is 1. The topological polar surface area (TPSA) is 41.6 Å². The summed E-state index contributed by atoms with van der Waals surface area (Å²) in [5, 5.41) is 3.32. The van der Waals surface area contributed by atoms with E-state index in [1.807, 2.05) is 53.4 Å². The van der Waals surface area contributed by atoms with Crippen molar-refractivity contribution < 1.29 is 9.53 Å². The molecule has 1 heterocycles. The molecule has 0 spiro atoms. The van der Waals surface area contributed by atoms with Crippen LogP contribution in [0.25, 0.3) is 0 Å². The molecule has 2 aromatic carbocycles. The van der Waals surface area contributed by atoms with Crippen molar-refractivity contribution in [1.82, 2.24) is 10.2 Å². The molecule has 0 radical (unpaired) electrons. The minimum atomic E-state index is 0.150. The molecule has 1 fully saturated rings. The molecule has 1 amide bonds. The number of nitrogens with zero attached hydrogens (tertiary/aromatic N) is 1. The van der Waals surface area contributed by atoms with Gasteiger partial charge in [-0.25, -0.2) is 0 Å². The maximum Gasteiger partial charge on any atom is 0.227 e. The first-order chi connectivity index (χ1) is 12.1. The Labute approximate surface area is 157 Å². The van der Waals surface area contributed by atoms with Gasteiger partial charge in [0.2, 0.25) is 5.91 Å². The molecule has 25 heavy (non-hydrogen) atoms. The Kier molecular flexibility index (Phi) is 6.10. The number of amides is 1. The highest BCUT2D eigenvalue weighted by Crippen LogP contribution is 2.25. The highest BCUT2D eigenvalue weighted by Gasteiger charge is 2.23. The van der Waals surface area contributed by atoms with Gasteiger partial charge in [-0.2, -0.15) is 0 Å². The number of rotatable bonds is 5. The molecule has 4 nitrogen and oxygen atoms in total. The van der Waals surface area contributed by atoms with Gasteiger partial charge in [0.1, 0.15) is 12.4 Å². The average molecular weight is 403 g/mol. The van der Waals surface area contributed by atoms with Crippen molar-refractivity contribution in [3.8, 4) is 5.75 Å². The molecule has 3 rings (SSSR count). The molecule has 2 aromatic rings. The van der Waals surface area contributed by atoms with Gasteiger partial charge in [0.05, 0.1) is 6.42 Å². The Hall–Kier alpha value is -1.85. The van der Waals surface area contributed by atoms with Gasteiger partial charge in [-0.15, -0.1) is 0 Å². The van der Waals surface area contributed by atoms with Gasteiger partial charge >= 0.3 is 0 Å². The Morgan fingerprint density at radius 3 is 2.84 bits per heavy atom. The highest BCUT2D eigenvalue weighted by atomic mass is 79.9. The van der Waals surface area contributed by atoms with Crippen molar-refractivity contribution in [3.05, 3.63) is 64.1 Å². The lowest BCUT2D eigenvalue weighted by Crippen LogP contribution is -2.52. The number of carbonyl (C=O) groups is 1. The van der Waals surface area contributed by atoms with Gasteiger partial charge in [-0.1, -0.05) is 46.3 Å². The van der Waals surface area contributed by atoms with Crippen molar-refractivity contribution in [2.24, 2.45) is 0 Å². The van der Waals surface area contributed by atoms with Crippen LogP contribution < -0.4 is 10.1 Å². The summed E-state index contributed by atoms with van der Waals surface area (Å²) in [5.74, 6) is 0.917. The van der Waals surface area contributed by atoms with Gasteiger partial charge in [-0.3, -0.25) is 4.79 Å². The molecule has 0 bridgehead atoms. The van der Waals surface area contributed by atoms with E-state index in [9.17, 15) is 4.79 Å². The predicted octanol–water partition coefficient (Wildman–Crippen LogP) is 3.39. The fraction of sp³-hybridized carbons (Fsp3) is 0.350. The largest absolute Gasteiger partial charge is 0.489 e. The van der Waals surface area contributed by atoms with Crippen LogP contribution >= 0.6 is 15.9 Å². The van der Waals surface area contributed by atoms with Crippen molar-refractivity contribution in [3.63, 3.8) is 0 Å². The molecular formula is C20H23BrN2O2. The number of benzene rings is 2. The molecule has 1 saturated heterocycles. The number of nitrogens with one attached hydrogen (secondary N) is 1. The molecule has 1 N–H and O–H groups in total. The molecule has 132 valence electrons. The van der Waals surface area contributed by atoms with Crippen LogP contribution in [-0.2, 0) is 17.8 Å². The fourth-order valence-corrected chi connectivity index (χ4v) is 3.45. The first kappa shape index (κ1) is 18.0. The van der Waals surface area contributed by atoms with Crippen LogP contribution in [0.5, 0.6) is 5.75 Å². The molecule has 0 aliphatic carbocycles. The molecule has 0 aromatic heterocycles. The quantitative estimate of drug-likeness (QED) is 0.832. The van der Waals surface area contributed by atoms with E-state index in [4.69, 9.17) is 4.74 Å². The fourth-order valence-electron chi connectivity index (χ4n) is 3.04. The van der Waals surface area contributed by atoms with E-state index < -0.39 is 0 Å². The zero-order valence-corrected chi connectivity index (χ0v) is 16.0. The third kappa shape index (κ3) is 4.83. The molecule has 5 heteroatoms. The monoisotopic (exact) mass is 402 g/mol. The summed E-state index contributed by atoms with van der Waals surface area (Å²) in [6.07, 6.45) is 0.355. The third-order valence-electron chi connectivity index (χ3n) is 4.42. The summed E-state index contributed by atoms with van der Waals surface area (Å²) in [7, 11) is 0. The van der Waals surface area contributed by atoms with Crippen LogP contribution in [-0.4, -0.2) is 36.5 Å². The van der Waals surface area contributed by atoms with Crippen LogP contribution in [0.15, 0.2) is 53.0 Å². The third-order valence-corrected chi connectivity index (χ3v) is 4.92. The maximum atomic E-state index is 12.7. The van der Waals surface area contributed by atoms with Crippen molar-refractivity contribution in [2.45, 2.75) is 26.0 Å². The first-order valence-electron chi connectivity index (χ1n) is 8.59. The van der Waals surface area contributed by atoms with E-state index in [0.29, 0.717) is 13.0 Å². The van der Waals surface area contributed by atoms with E-state index in [1.54, 1.807) is 0 Å². The minimum Gasteiger partial charge on any atom is -0.489 e. The maximum absolute atomic E-state index is 12.7. The lowest BCUT2D eigenvalue weighted by molar-refractivity contribution is -0.133. The van der Waals surface area contributed by atoms with E-state index in [0.717, 1.165) is 41.0 Å².